The summed E-state index contributed by atoms with van der Waals surface area (Å²) in [7, 11) is -3.63. The van der Waals surface area contributed by atoms with Crippen molar-refractivity contribution < 1.29 is 13.2 Å². The first kappa shape index (κ1) is 19.3. The molecule has 2 heterocycles. The van der Waals surface area contributed by atoms with E-state index in [1.54, 1.807) is 12.1 Å². The minimum atomic E-state index is -3.63. The van der Waals surface area contributed by atoms with E-state index in [1.165, 1.54) is 35.5 Å². The zero-order valence-corrected chi connectivity index (χ0v) is 16.2. The number of aromatic nitrogens is 1. The van der Waals surface area contributed by atoms with Crippen molar-refractivity contribution in [2.24, 2.45) is 0 Å². The Kier molecular flexibility index (Phi) is 5.46. The zero-order valence-electron chi connectivity index (χ0n) is 14.6. The number of sulfonamides is 1. The van der Waals surface area contributed by atoms with Crippen molar-refractivity contribution in [3.05, 3.63) is 52.7 Å². The number of benzene rings is 1. The molecule has 1 aliphatic heterocycles. The van der Waals surface area contributed by atoms with Gasteiger partial charge < -0.3 is 4.90 Å². The number of nitriles is 1. The summed E-state index contributed by atoms with van der Waals surface area (Å²) in [6.07, 6.45) is 0. The number of pyridine rings is 1. The third kappa shape index (κ3) is 3.95. The molecule has 0 N–H and O–H groups in total. The molecule has 0 saturated carbocycles. The molecule has 0 atom stereocenters. The van der Waals surface area contributed by atoms with Crippen LogP contribution in [0.25, 0.3) is 0 Å². The number of anilines is 1. The van der Waals surface area contributed by atoms with Gasteiger partial charge in [-0.1, -0.05) is 23.7 Å². The maximum absolute atomic E-state index is 12.8. The SMILES string of the molecule is CC(=O)c1ccc(S(=O)(=O)N2CCN(c3ccc(Cl)c(C#N)n3)CC2)cc1. The van der Waals surface area contributed by atoms with E-state index in [9.17, 15) is 13.2 Å². The third-order valence-electron chi connectivity index (χ3n) is 4.40. The van der Waals surface area contributed by atoms with Gasteiger partial charge in [0.2, 0.25) is 10.0 Å². The second-order valence-corrected chi connectivity index (χ2v) is 8.43. The van der Waals surface area contributed by atoms with Crippen LogP contribution in [0, 0.1) is 11.3 Å². The monoisotopic (exact) mass is 404 g/mol. The van der Waals surface area contributed by atoms with Gasteiger partial charge in [0.05, 0.1) is 9.92 Å². The average molecular weight is 405 g/mol. The maximum Gasteiger partial charge on any atom is 0.243 e. The molecule has 9 heteroatoms. The number of piperazine rings is 1. The predicted octanol–water partition coefficient (Wildman–Crippen LogP) is 2.32. The summed E-state index contributed by atoms with van der Waals surface area (Å²) >= 11 is 5.90. The molecule has 0 aliphatic carbocycles. The quantitative estimate of drug-likeness (QED) is 0.726. The summed E-state index contributed by atoms with van der Waals surface area (Å²) < 4.78 is 27.0. The maximum atomic E-state index is 12.8. The highest BCUT2D eigenvalue weighted by Gasteiger charge is 2.29. The number of rotatable bonds is 4. The van der Waals surface area contributed by atoms with Crippen LogP contribution < -0.4 is 4.90 Å². The summed E-state index contributed by atoms with van der Waals surface area (Å²) in [5.74, 6) is 0.485. The van der Waals surface area contributed by atoms with Crippen LogP contribution in [0.1, 0.15) is 23.0 Å². The van der Waals surface area contributed by atoms with Gasteiger partial charge in [0.15, 0.2) is 11.5 Å². The van der Waals surface area contributed by atoms with E-state index in [1.807, 2.05) is 11.0 Å². The minimum Gasteiger partial charge on any atom is -0.354 e. The number of ketones is 1. The first-order valence-corrected chi connectivity index (χ1v) is 10.1. The molecule has 0 radical (unpaired) electrons. The van der Waals surface area contributed by atoms with Gasteiger partial charge in [0.25, 0.3) is 0 Å². The number of carbonyl (C=O) groups is 1. The molecule has 1 aromatic carbocycles. The Bertz CT molecular complexity index is 1010. The Morgan fingerprint density at radius 1 is 1.11 bits per heavy atom. The summed E-state index contributed by atoms with van der Waals surface area (Å²) in [5, 5.41) is 9.33. The Morgan fingerprint density at radius 2 is 1.74 bits per heavy atom. The van der Waals surface area contributed by atoms with Gasteiger partial charge in [-0.2, -0.15) is 9.57 Å². The minimum absolute atomic E-state index is 0.111. The topological polar surface area (TPSA) is 94.4 Å². The number of carbonyl (C=O) groups excluding carboxylic acids is 1. The average Bonchev–Trinajstić information content (AvgIpc) is 2.68. The predicted molar refractivity (Wildman–Crippen MR) is 101 cm³/mol. The molecule has 3 rings (SSSR count). The molecule has 1 saturated heterocycles. The van der Waals surface area contributed by atoms with Crippen LogP contribution in [0.2, 0.25) is 5.02 Å². The summed E-state index contributed by atoms with van der Waals surface area (Å²) in [5.41, 5.74) is 0.621. The fraction of sp³-hybridized carbons (Fsp3) is 0.278. The Morgan fingerprint density at radius 3 is 2.30 bits per heavy atom. The molecule has 27 heavy (non-hydrogen) atoms. The van der Waals surface area contributed by atoms with Gasteiger partial charge >= 0.3 is 0 Å². The van der Waals surface area contributed by atoms with Crippen LogP contribution in [0.15, 0.2) is 41.3 Å². The molecule has 140 valence electrons. The van der Waals surface area contributed by atoms with Gasteiger partial charge in [0.1, 0.15) is 11.9 Å². The van der Waals surface area contributed by atoms with Crippen LogP contribution in [0.3, 0.4) is 0 Å². The van der Waals surface area contributed by atoms with Crippen LogP contribution in [0.4, 0.5) is 5.82 Å². The lowest BCUT2D eigenvalue weighted by Gasteiger charge is -2.34. The van der Waals surface area contributed by atoms with E-state index in [0.29, 0.717) is 37.6 Å². The highest BCUT2D eigenvalue weighted by molar-refractivity contribution is 7.89. The molecule has 7 nitrogen and oxygen atoms in total. The van der Waals surface area contributed by atoms with Crippen LogP contribution in [0.5, 0.6) is 0 Å². The lowest BCUT2D eigenvalue weighted by Crippen LogP contribution is -2.48. The lowest BCUT2D eigenvalue weighted by molar-refractivity contribution is 0.101. The molecule has 0 spiro atoms. The third-order valence-corrected chi connectivity index (χ3v) is 6.62. The molecular weight excluding hydrogens is 388 g/mol. The second-order valence-electron chi connectivity index (χ2n) is 6.08. The summed E-state index contributed by atoms with van der Waals surface area (Å²) in [6, 6.07) is 11.2. The molecule has 1 aliphatic rings. The van der Waals surface area contributed by atoms with E-state index in [-0.39, 0.29) is 21.4 Å². The van der Waals surface area contributed by atoms with Crippen molar-refractivity contribution in [1.29, 1.82) is 5.26 Å². The Labute approximate surface area is 162 Å². The largest absolute Gasteiger partial charge is 0.354 e. The van der Waals surface area contributed by atoms with E-state index in [2.05, 4.69) is 4.98 Å². The lowest BCUT2D eigenvalue weighted by atomic mass is 10.2. The number of halogens is 1. The number of Topliss-reactive ketones (excluding diaryl/α,β-unsaturated/α-hetero) is 1. The van der Waals surface area contributed by atoms with Crippen molar-refractivity contribution >= 4 is 33.2 Å². The van der Waals surface area contributed by atoms with Gasteiger partial charge in [-0.3, -0.25) is 4.79 Å². The molecule has 1 fully saturated rings. The number of hydrogen-bond donors (Lipinski definition) is 0. The van der Waals surface area contributed by atoms with E-state index in [4.69, 9.17) is 16.9 Å². The summed E-state index contributed by atoms with van der Waals surface area (Å²) in [4.78, 5) is 17.6. The molecular formula is C18H17ClN4O3S. The highest BCUT2D eigenvalue weighted by atomic mass is 35.5. The molecule has 2 aromatic rings. The smallest absolute Gasteiger partial charge is 0.243 e. The van der Waals surface area contributed by atoms with E-state index >= 15 is 0 Å². The van der Waals surface area contributed by atoms with Crippen molar-refractivity contribution in [3.8, 4) is 6.07 Å². The number of hydrogen-bond acceptors (Lipinski definition) is 6. The van der Waals surface area contributed by atoms with Crippen LogP contribution in [-0.4, -0.2) is 49.7 Å². The fourth-order valence-corrected chi connectivity index (χ4v) is 4.42. The zero-order chi connectivity index (χ0) is 19.6. The Hall–Kier alpha value is -2.47. The molecule has 0 amide bonds. The summed E-state index contributed by atoms with van der Waals surface area (Å²) in [6.45, 7) is 2.92. The fourth-order valence-electron chi connectivity index (χ4n) is 2.85. The normalized spacial score (nSPS) is 15.4. The van der Waals surface area contributed by atoms with Gasteiger partial charge in [-0.15, -0.1) is 0 Å². The van der Waals surface area contributed by atoms with Crippen molar-refractivity contribution in [2.75, 3.05) is 31.1 Å². The van der Waals surface area contributed by atoms with Crippen LogP contribution in [-0.2, 0) is 10.0 Å². The standard InChI is InChI=1S/C18H17ClN4O3S/c1-13(24)14-2-4-15(5-3-14)27(25,26)23-10-8-22(9-11-23)18-7-6-16(19)17(12-20)21-18/h2-7H,8-11H2,1H3. The molecule has 1 aromatic heterocycles. The van der Waals surface area contributed by atoms with Gasteiger partial charge in [-0.05, 0) is 31.2 Å². The van der Waals surface area contributed by atoms with Gasteiger partial charge in [-0.25, -0.2) is 13.4 Å². The highest BCUT2D eigenvalue weighted by Crippen LogP contribution is 2.23. The first-order chi connectivity index (χ1) is 12.8. The van der Waals surface area contributed by atoms with Crippen molar-refractivity contribution in [1.82, 2.24) is 9.29 Å². The number of nitrogens with zero attached hydrogens (tertiary/aromatic N) is 4. The molecule has 0 unspecified atom stereocenters. The molecule has 0 bridgehead atoms. The van der Waals surface area contributed by atoms with E-state index in [0.717, 1.165) is 0 Å². The Balaban J connectivity index is 1.73. The van der Waals surface area contributed by atoms with Gasteiger partial charge in [0, 0.05) is 31.7 Å². The van der Waals surface area contributed by atoms with E-state index < -0.39 is 10.0 Å². The second kappa shape index (κ2) is 7.64. The van der Waals surface area contributed by atoms with Crippen molar-refractivity contribution in [2.45, 2.75) is 11.8 Å². The van der Waals surface area contributed by atoms with Crippen molar-refractivity contribution in [3.63, 3.8) is 0 Å². The van der Waals surface area contributed by atoms with Crippen LogP contribution >= 0.6 is 11.6 Å². The first-order valence-electron chi connectivity index (χ1n) is 8.25.